The van der Waals surface area contributed by atoms with E-state index in [0.717, 1.165) is 29.3 Å². The molecule has 3 rings (SSSR count). The van der Waals surface area contributed by atoms with E-state index in [1.54, 1.807) is 6.92 Å². The Balaban J connectivity index is 2.27. The predicted octanol–water partition coefficient (Wildman–Crippen LogP) is 6.57. The van der Waals surface area contributed by atoms with Crippen LogP contribution in [0.3, 0.4) is 0 Å². The van der Waals surface area contributed by atoms with Crippen molar-refractivity contribution in [2.75, 3.05) is 4.90 Å². The van der Waals surface area contributed by atoms with Crippen molar-refractivity contribution in [1.29, 1.82) is 0 Å². The van der Waals surface area contributed by atoms with Gasteiger partial charge in [-0.25, -0.2) is 4.98 Å². The molecular formula is C25H39N3O. The third-order valence-corrected chi connectivity index (χ3v) is 6.14. The van der Waals surface area contributed by atoms with Crippen molar-refractivity contribution in [1.82, 2.24) is 9.38 Å². The van der Waals surface area contributed by atoms with Crippen LogP contribution in [0, 0.1) is 19.3 Å². The summed E-state index contributed by atoms with van der Waals surface area (Å²) in [5.74, 6) is 1.54. The van der Waals surface area contributed by atoms with Gasteiger partial charge >= 0.3 is 0 Å². The minimum Gasteiger partial charge on any atom is -0.291 e. The van der Waals surface area contributed by atoms with Crippen LogP contribution in [0.4, 0.5) is 5.82 Å². The second-order valence-electron chi connectivity index (χ2n) is 10.9. The summed E-state index contributed by atoms with van der Waals surface area (Å²) in [7, 11) is 0. The maximum Gasteiger partial charge on any atom is 0.225 e. The second-order valence-corrected chi connectivity index (χ2v) is 10.9. The van der Waals surface area contributed by atoms with Crippen molar-refractivity contribution in [2.24, 2.45) is 5.41 Å². The van der Waals surface area contributed by atoms with Crippen LogP contribution in [0.15, 0.2) is 12.1 Å². The minimum absolute atomic E-state index is 0.0954. The molecule has 2 heterocycles. The number of aromatic nitrogens is 2. The molecule has 1 fully saturated rings. The van der Waals surface area contributed by atoms with Crippen LogP contribution in [-0.4, -0.2) is 20.8 Å². The first-order valence-corrected chi connectivity index (χ1v) is 11.2. The number of pyridine rings is 1. The van der Waals surface area contributed by atoms with Crippen LogP contribution < -0.4 is 4.90 Å². The van der Waals surface area contributed by atoms with Crippen molar-refractivity contribution in [2.45, 2.75) is 105 Å². The number of amides is 1. The Morgan fingerprint density at radius 2 is 1.72 bits per heavy atom. The molecule has 1 aliphatic rings. The Kier molecular flexibility index (Phi) is 5.86. The zero-order chi connectivity index (χ0) is 21.6. The van der Waals surface area contributed by atoms with Gasteiger partial charge in [-0.3, -0.25) is 14.1 Å². The molecule has 29 heavy (non-hydrogen) atoms. The molecule has 0 atom stereocenters. The Labute approximate surface area is 176 Å². The van der Waals surface area contributed by atoms with Gasteiger partial charge in [0.05, 0.1) is 5.69 Å². The number of hydrogen-bond acceptors (Lipinski definition) is 2. The van der Waals surface area contributed by atoms with E-state index in [9.17, 15) is 4.79 Å². The number of rotatable bonds is 4. The monoisotopic (exact) mass is 397 g/mol. The largest absolute Gasteiger partial charge is 0.291 e. The van der Waals surface area contributed by atoms with E-state index < -0.39 is 0 Å². The summed E-state index contributed by atoms with van der Waals surface area (Å²) < 4.78 is 2.22. The molecule has 0 spiro atoms. The zero-order valence-electron chi connectivity index (χ0n) is 19.7. The third-order valence-electron chi connectivity index (χ3n) is 6.14. The van der Waals surface area contributed by atoms with Crippen molar-refractivity contribution < 1.29 is 4.79 Å². The van der Waals surface area contributed by atoms with E-state index in [1.807, 2.05) is 4.90 Å². The summed E-state index contributed by atoms with van der Waals surface area (Å²) in [5, 5.41) is 0. The molecule has 4 heteroatoms. The smallest absolute Gasteiger partial charge is 0.225 e. The standard InChI is InChI=1S/C25H39N3O/c1-17-14-18(2)27-21(15-17)26-22(20-12-10-9-11-13-20)23(27)28(19(3)29)25(7,8)16-24(4,5)6/h14-15,20H,9-13,16H2,1-8H3. The van der Waals surface area contributed by atoms with Gasteiger partial charge in [-0.1, -0.05) is 40.0 Å². The summed E-state index contributed by atoms with van der Waals surface area (Å²) in [6.07, 6.45) is 7.06. The highest BCUT2D eigenvalue weighted by Gasteiger charge is 2.39. The van der Waals surface area contributed by atoms with Gasteiger partial charge in [0.2, 0.25) is 5.91 Å². The summed E-state index contributed by atoms with van der Waals surface area (Å²) in [5.41, 5.74) is 4.26. The van der Waals surface area contributed by atoms with Gasteiger partial charge in [0.25, 0.3) is 0 Å². The maximum absolute atomic E-state index is 13.1. The molecule has 4 nitrogen and oxygen atoms in total. The van der Waals surface area contributed by atoms with Gasteiger partial charge in [-0.15, -0.1) is 0 Å². The minimum atomic E-state index is -0.305. The van der Waals surface area contributed by atoms with Crippen LogP contribution in [0.5, 0.6) is 0 Å². The summed E-state index contributed by atoms with van der Waals surface area (Å²) in [6, 6.07) is 4.34. The van der Waals surface area contributed by atoms with Crippen molar-refractivity contribution in [3.8, 4) is 0 Å². The molecule has 0 aliphatic heterocycles. The van der Waals surface area contributed by atoms with Crippen LogP contribution in [0.2, 0.25) is 0 Å². The van der Waals surface area contributed by atoms with E-state index in [0.29, 0.717) is 5.92 Å². The molecule has 160 valence electrons. The lowest BCUT2D eigenvalue weighted by Crippen LogP contribution is -2.50. The number of carbonyl (C=O) groups excluding carboxylic acids is 1. The summed E-state index contributed by atoms with van der Waals surface area (Å²) in [6.45, 7) is 17.1. The number of hydrogen-bond donors (Lipinski definition) is 0. The quantitative estimate of drug-likeness (QED) is 0.585. The molecule has 0 N–H and O–H groups in total. The molecule has 1 saturated carbocycles. The first kappa shape index (κ1) is 21.9. The fourth-order valence-corrected chi connectivity index (χ4v) is 5.63. The Hall–Kier alpha value is -1.84. The lowest BCUT2D eigenvalue weighted by Gasteiger charge is -2.42. The lowest BCUT2D eigenvalue weighted by molar-refractivity contribution is -0.117. The zero-order valence-corrected chi connectivity index (χ0v) is 19.7. The highest BCUT2D eigenvalue weighted by Crippen LogP contribution is 2.42. The second kappa shape index (κ2) is 7.77. The first-order chi connectivity index (χ1) is 13.4. The Bertz CT molecular complexity index is 895. The molecule has 2 aromatic heterocycles. The van der Waals surface area contributed by atoms with Gasteiger partial charge in [-0.2, -0.15) is 0 Å². The van der Waals surface area contributed by atoms with Crippen LogP contribution >= 0.6 is 0 Å². The van der Waals surface area contributed by atoms with Crippen molar-refractivity contribution in [3.05, 3.63) is 29.1 Å². The molecule has 0 radical (unpaired) electrons. The predicted molar refractivity (Wildman–Crippen MR) is 122 cm³/mol. The van der Waals surface area contributed by atoms with Crippen LogP contribution in [-0.2, 0) is 4.79 Å². The fraction of sp³-hybridized carbons (Fsp3) is 0.680. The first-order valence-electron chi connectivity index (χ1n) is 11.2. The number of anilines is 1. The summed E-state index contributed by atoms with van der Waals surface area (Å²) in [4.78, 5) is 20.3. The van der Waals surface area contributed by atoms with Gasteiger partial charge in [0.1, 0.15) is 11.5 Å². The number of nitrogens with zero attached hydrogens (tertiary/aromatic N) is 3. The van der Waals surface area contributed by atoms with Gasteiger partial charge in [-0.05, 0) is 70.1 Å². The number of carbonyl (C=O) groups is 1. The number of imidazole rings is 1. The molecule has 2 aromatic rings. The average molecular weight is 398 g/mol. The Morgan fingerprint density at radius 3 is 2.28 bits per heavy atom. The van der Waals surface area contributed by atoms with E-state index in [1.165, 1.54) is 37.7 Å². The molecular weight excluding hydrogens is 358 g/mol. The lowest BCUT2D eigenvalue weighted by atomic mass is 9.80. The molecule has 0 aromatic carbocycles. The topological polar surface area (TPSA) is 37.6 Å². The SMILES string of the molecule is CC(=O)N(c1c(C2CCCCC2)nc2cc(C)cc(C)n12)C(C)(C)CC(C)(C)C. The molecule has 1 aliphatic carbocycles. The maximum atomic E-state index is 13.1. The highest BCUT2D eigenvalue weighted by atomic mass is 16.2. The van der Waals surface area contributed by atoms with E-state index in [4.69, 9.17) is 4.98 Å². The fourth-order valence-electron chi connectivity index (χ4n) is 5.63. The van der Waals surface area contributed by atoms with E-state index in [2.05, 4.69) is 65.0 Å². The van der Waals surface area contributed by atoms with E-state index >= 15 is 0 Å². The number of aryl methyl sites for hydroxylation is 2. The third kappa shape index (κ3) is 4.51. The number of fused-ring (bicyclic) bond motifs is 1. The summed E-state index contributed by atoms with van der Waals surface area (Å²) >= 11 is 0. The van der Waals surface area contributed by atoms with Crippen LogP contribution in [0.1, 0.15) is 103 Å². The highest BCUT2D eigenvalue weighted by molar-refractivity contribution is 5.93. The normalized spacial score (nSPS) is 16.4. The van der Waals surface area contributed by atoms with Crippen LogP contribution in [0.25, 0.3) is 5.65 Å². The molecule has 0 saturated heterocycles. The van der Waals surface area contributed by atoms with Gasteiger partial charge in [0, 0.05) is 24.1 Å². The van der Waals surface area contributed by atoms with Crippen molar-refractivity contribution in [3.63, 3.8) is 0 Å². The van der Waals surface area contributed by atoms with Crippen molar-refractivity contribution >= 4 is 17.4 Å². The molecule has 0 unspecified atom stereocenters. The van der Waals surface area contributed by atoms with Gasteiger partial charge < -0.3 is 0 Å². The van der Waals surface area contributed by atoms with Gasteiger partial charge in [0.15, 0.2) is 0 Å². The van der Waals surface area contributed by atoms with E-state index in [-0.39, 0.29) is 16.9 Å². The average Bonchev–Trinajstić information content (AvgIpc) is 2.91. The molecule has 0 bridgehead atoms. The Morgan fingerprint density at radius 1 is 1.10 bits per heavy atom. The molecule has 1 amide bonds.